The molecular formula is C11H14F2N4S. The molecule has 0 aliphatic heterocycles. The zero-order valence-electron chi connectivity index (χ0n) is 9.94. The SMILES string of the molecule is CCc1csc(NCc2ccnn2CC(F)F)n1. The number of thiazole rings is 1. The van der Waals surface area contributed by atoms with Crippen molar-refractivity contribution in [2.45, 2.75) is 32.9 Å². The van der Waals surface area contributed by atoms with Crippen LogP contribution in [0.3, 0.4) is 0 Å². The molecule has 98 valence electrons. The third-order valence-corrected chi connectivity index (χ3v) is 3.30. The Morgan fingerprint density at radius 2 is 2.33 bits per heavy atom. The van der Waals surface area contributed by atoms with E-state index in [0.717, 1.165) is 22.9 Å². The van der Waals surface area contributed by atoms with E-state index in [0.29, 0.717) is 6.54 Å². The van der Waals surface area contributed by atoms with Crippen LogP contribution in [0.2, 0.25) is 0 Å². The Bertz CT molecular complexity index is 495. The number of nitrogens with one attached hydrogen (secondary N) is 1. The van der Waals surface area contributed by atoms with Crippen LogP contribution < -0.4 is 5.32 Å². The van der Waals surface area contributed by atoms with Gasteiger partial charge in [0.05, 0.1) is 17.9 Å². The van der Waals surface area contributed by atoms with Gasteiger partial charge in [0.15, 0.2) is 5.13 Å². The van der Waals surface area contributed by atoms with E-state index in [1.807, 2.05) is 12.3 Å². The Balaban J connectivity index is 1.95. The van der Waals surface area contributed by atoms with Gasteiger partial charge in [-0.25, -0.2) is 13.8 Å². The first kappa shape index (κ1) is 12.9. The molecule has 0 fully saturated rings. The van der Waals surface area contributed by atoms with Crippen LogP contribution in [-0.4, -0.2) is 21.2 Å². The molecule has 0 radical (unpaired) electrons. The fourth-order valence-electron chi connectivity index (χ4n) is 1.52. The van der Waals surface area contributed by atoms with Crippen molar-refractivity contribution in [2.75, 3.05) is 5.32 Å². The van der Waals surface area contributed by atoms with E-state index < -0.39 is 6.43 Å². The third-order valence-electron chi connectivity index (χ3n) is 2.45. The van der Waals surface area contributed by atoms with Crippen molar-refractivity contribution in [3.8, 4) is 0 Å². The summed E-state index contributed by atoms with van der Waals surface area (Å²) in [5.74, 6) is 0. The van der Waals surface area contributed by atoms with Crippen LogP contribution in [0.5, 0.6) is 0 Å². The predicted octanol–water partition coefficient (Wildman–Crippen LogP) is 2.78. The lowest BCUT2D eigenvalue weighted by atomic mass is 10.4. The average molecular weight is 272 g/mol. The third kappa shape index (κ3) is 3.25. The topological polar surface area (TPSA) is 42.7 Å². The molecule has 0 saturated heterocycles. The summed E-state index contributed by atoms with van der Waals surface area (Å²) < 4.78 is 25.9. The summed E-state index contributed by atoms with van der Waals surface area (Å²) in [7, 11) is 0. The minimum atomic E-state index is -2.39. The molecular weight excluding hydrogens is 258 g/mol. The van der Waals surface area contributed by atoms with Gasteiger partial charge in [-0.2, -0.15) is 5.10 Å². The minimum Gasteiger partial charge on any atom is -0.356 e. The van der Waals surface area contributed by atoms with E-state index in [1.54, 1.807) is 6.07 Å². The molecule has 4 nitrogen and oxygen atoms in total. The van der Waals surface area contributed by atoms with Gasteiger partial charge in [0.2, 0.25) is 0 Å². The van der Waals surface area contributed by atoms with Gasteiger partial charge in [0.1, 0.15) is 6.54 Å². The molecule has 0 amide bonds. The van der Waals surface area contributed by atoms with E-state index in [1.165, 1.54) is 22.2 Å². The van der Waals surface area contributed by atoms with Gasteiger partial charge >= 0.3 is 0 Å². The molecule has 0 atom stereocenters. The highest BCUT2D eigenvalue weighted by atomic mass is 32.1. The number of hydrogen-bond acceptors (Lipinski definition) is 4. The van der Waals surface area contributed by atoms with Crippen LogP contribution >= 0.6 is 11.3 Å². The van der Waals surface area contributed by atoms with Crippen molar-refractivity contribution in [1.82, 2.24) is 14.8 Å². The fourth-order valence-corrected chi connectivity index (χ4v) is 2.31. The van der Waals surface area contributed by atoms with Crippen molar-refractivity contribution in [1.29, 1.82) is 0 Å². The van der Waals surface area contributed by atoms with E-state index in [2.05, 4.69) is 15.4 Å². The second-order valence-electron chi connectivity index (χ2n) is 3.75. The van der Waals surface area contributed by atoms with Gasteiger partial charge in [-0.3, -0.25) is 4.68 Å². The largest absolute Gasteiger partial charge is 0.356 e. The quantitative estimate of drug-likeness (QED) is 0.879. The molecule has 0 aromatic carbocycles. The van der Waals surface area contributed by atoms with Crippen molar-refractivity contribution in [3.63, 3.8) is 0 Å². The maximum atomic E-state index is 12.3. The number of aryl methyl sites for hydroxylation is 1. The molecule has 2 aromatic heterocycles. The highest BCUT2D eigenvalue weighted by Gasteiger charge is 2.09. The summed E-state index contributed by atoms with van der Waals surface area (Å²) in [6.07, 6.45) is 0.0235. The molecule has 0 unspecified atom stereocenters. The highest BCUT2D eigenvalue weighted by Crippen LogP contribution is 2.16. The Kier molecular flexibility index (Phi) is 4.24. The van der Waals surface area contributed by atoms with E-state index in [4.69, 9.17) is 0 Å². The Morgan fingerprint density at radius 1 is 1.50 bits per heavy atom. The second kappa shape index (κ2) is 5.90. The van der Waals surface area contributed by atoms with Gasteiger partial charge in [-0.05, 0) is 12.5 Å². The van der Waals surface area contributed by atoms with Crippen LogP contribution in [-0.2, 0) is 19.5 Å². The molecule has 0 aliphatic carbocycles. The summed E-state index contributed by atoms with van der Waals surface area (Å²) in [5, 5.41) is 9.77. The number of anilines is 1. The van der Waals surface area contributed by atoms with E-state index in [9.17, 15) is 8.78 Å². The molecule has 18 heavy (non-hydrogen) atoms. The van der Waals surface area contributed by atoms with Gasteiger partial charge in [0.25, 0.3) is 6.43 Å². The first-order chi connectivity index (χ1) is 8.69. The number of halogens is 2. The van der Waals surface area contributed by atoms with E-state index in [-0.39, 0.29) is 6.54 Å². The van der Waals surface area contributed by atoms with Gasteiger partial charge in [0, 0.05) is 11.6 Å². The van der Waals surface area contributed by atoms with Crippen molar-refractivity contribution in [2.24, 2.45) is 0 Å². The first-order valence-corrected chi connectivity index (χ1v) is 6.54. The molecule has 0 spiro atoms. The van der Waals surface area contributed by atoms with Crippen LogP contribution in [0.15, 0.2) is 17.6 Å². The minimum absolute atomic E-state index is 0.373. The van der Waals surface area contributed by atoms with Gasteiger partial charge in [-0.1, -0.05) is 6.92 Å². The van der Waals surface area contributed by atoms with Crippen molar-refractivity contribution in [3.05, 3.63) is 29.0 Å². The second-order valence-corrected chi connectivity index (χ2v) is 4.60. The summed E-state index contributed by atoms with van der Waals surface area (Å²) in [6.45, 7) is 2.11. The van der Waals surface area contributed by atoms with Gasteiger partial charge in [-0.15, -0.1) is 11.3 Å². The lowest BCUT2D eigenvalue weighted by Gasteiger charge is -2.07. The molecule has 0 saturated carbocycles. The average Bonchev–Trinajstić information content (AvgIpc) is 2.94. The van der Waals surface area contributed by atoms with Crippen LogP contribution in [0, 0.1) is 0 Å². The summed E-state index contributed by atoms with van der Waals surface area (Å²) >= 11 is 1.52. The molecule has 1 N–H and O–H groups in total. The molecule has 0 aliphatic rings. The smallest absolute Gasteiger partial charge is 0.257 e. The van der Waals surface area contributed by atoms with Crippen molar-refractivity contribution >= 4 is 16.5 Å². The summed E-state index contributed by atoms with van der Waals surface area (Å²) in [4.78, 5) is 4.35. The first-order valence-electron chi connectivity index (χ1n) is 5.66. The fraction of sp³-hybridized carbons (Fsp3) is 0.455. The lowest BCUT2D eigenvalue weighted by Crippen LogP contribution is -2.13. The normalized spacial score (nSPS) is 11.1. The molecule has 2 rings (SSSR count). The standard InChI is InChI=1S/C11H14F2N4S/c1-2-8-7-18-11(16-8)14-5-9-3-4-15-17(9)6-10(12)13/h3-4,7,10H,2,5-6H2,1H3,(H,14,16). The van der Waals surface area contributed by atoms with Crippen LogP contribution in [0.4, 0.5) is 13.9 Å². The maximum Gasteiger partial charge on any atom is 0.257 e. The summed E-state index contributed by atoms with van der Waals surface area (Å²) in [6, 6.07) is 1.73. The van der Waals surface area contributed by atoms with Gasteiger partial charge < -0.3 is 5.32 Å². The zero-order chi connectivity index (χ0) is 13.0. The zero-order valence-corrected chi connectivity index (χ0v) is 10.8. The molecule has 0 bridgehead atoms. The van der Waals surface area contributed by atoms with Crippen molar-refractivity contribution < 1.29 is 8.78 Å². The number of rotatable bonds is 6. The number of alkyl halides is 2. The molecule has 2 aromatic rings. The number of aromatic nitrogens is 3. The lowest BCUT2D eigenvalue weighted by molar-refractivity contribution is 0.120. The Hall–Kier alpha value is -1.50. The number of nitrogens with zero attached hydrogens (tertiary/aromatic N) is 3. The van der Waals surface area contributed by atoms with Crippen LogP contribution in [0.25, 0.3) is 0 Å². The molecule has 2 heterocycles. The van der Waals surface area contributed by atoms with E-state index >= 15 is 0 Å². The Labute approximate surface area is 108 Å². The Morgan fingerprint density at radius 3 is 3.00 bits per heavy atom. The molecule has 7 heteroatoms. The summed E-state index contributed by atoms with van der Waals surface area (Å²) in [5.41, 5.74) is 1.76. The number of hydrogen-bond donors (Lipinski definition) is 1. The predicted molar refractivity (Wildman–Crippen MR) is 67.0 cm³/mol. The van der Waals surface area contributed by atoms with Crippen LogP contribution in [0.1, 0.15) is 18.3 Å². The highest BCUT2D eigenvalue weighted by molar-refractivity contribution is 7.13. The maximum absolute atomic E-state index is 12.3. The monoisotopic (exact) mass is 272 g/mol.